The standard InChI is InChI=1S/C14H21F3N4/c1-10(2)21-11(3-4-20-21)5-18-7-12-6-13(12,9-19-8-12)14(15,16)17/h3-4,10,18-19H,5-9H2,1-2H3/t12-,13+/m0/s1. The van der Waals surface area contributed by atoms with E-state index in [1.54, 1.807) is 6.20 Å². The van der Waals surface area contributed by atoms with Crippen molar-refractivity contribution >= 4 is 0 Å². The average Bonchev–Trinajstić information content (AvgIpc) is 2.76. The predicted molar refractivity (Wildman–Crippen MR) is 72.7 cm³/mol. The Morgan fingerprint density at radius 3 is 2.81 bits per heavy atom. The van der Waals surface area contributed by atoms with Crippen LogP contribution in [0.2, 0.25) is 0 Å². The molecular weight excluding hydrogens is 281 g/mol. The molecule has 0 amide bonds. The second-order valence-electron chi connectivity index (χ2n) is 6.60. The minimum Gasteiger partial charge on any atom is -0.315 e. The van der Waals surface area contributed by atoms with Crippen LogP contribution in [0.1, 0.15) is 32.0 Å². The zero-order chi connectivity index (χ0) is 15.3. The normalized spacial score (nSPS) is 31.7. The third-order valence-electron chi connectivity index (χ3n) is 4.97. The summed E-state index contributed by atoms with van der Waals surface area (Å²) in [5, 5.41) is 10.3. The number of hydrogen-bond acceptors (Lipinski definition) is 3. The maximum atomic E-state index is 13.2. The number of hydrogen-bond donors (Lipinski definition) is 2. The van der Waals surface area contributed by atoms with Crippen molar-refractivity contribution in [2.75, 3.05) is 19.6 Å². The van der Waals surface area contributed by atoms with Crippen molar-refractivity contribution in [2.45, 2.75) is 39.0 Å². The molecule has 1 aliphatic heterocycles. The highest BCUT2D eigenvalue weighted by molar-refractivity contribution is 5.24. The zero-order valence-electron chi connectivity index (χ0n) is 12.3. The van der Waals surface area contributed by atoms with Crippen LogP contribution in [-0.4, -0.2) is 35.6 Å². The fourth-order valence-electron chi connectivity index (χ4n) is 3.70. The molecule has 4 nitrogen and oxygen atoms in total. The molecule has 7 heteroatoms. The van der Waals surface area contributed by atoms with E-state index in [0.717, 1.165) is 5.69 Å². The summed E-state index contributed by atoms with van der Waals surface area (Å²) in [4.78, 5) is 0. The van der Waals surface area contributed by atoms with Gasteiger partial charge in [-0.1, -0.05) is 0 Å². The second kappa shape index (κ2) is 4.71. The Balaban J connectivity index is 1.61. The van der Waals surface area contributed by atoms with Crippen LogP contribution < -0.4 is 10.6 Å². The molecule has 1 saturated heterocycles. The first-order valence-corrected chi connectivity index (χ1v) is 7.32. The first-order valence-electron chi connectivity index (χ1n) is 7.32. The van der Waals surface area contributed by atoms with Crippen LogP contribution >= 0.6 is 0 Å². The van der Waals surface area contributed by atoms with E-state index in [9.17, 15) is 13.2 Å². The number of nitrogens with one attached hydrogen (secondary N) is 2. The molecule has 118 valence electrons. The SMILES string of the molecule is CC(C)n1nccc1CNC[C@@]12CNC[C@]1(C(F)(F)F)C2. The van der Waals surface area contributed by atoms with Crippen molar-refractivity contribution in [3.05, 3.63) is 18.0 Å². The zero-order valence-corrected chi connectivity index (χ0v) is 12.3. The molecule has 21 heavy (non-hydrogen) atoms. The van der Waals surface area contributed by atoms with E-state index in [0.29, 0.717) is 19.6 Å². The van der Waals surface area contributed by atoms with Gasteiger partial charge in [-0.3, -0.25) is 4.68 Å². The smallest absolute Gasteiger partial charge is 0.315 e. The molecule has 0 spiro atoms. The highest BCUT2D eigenvalue weighted by Gasteiger charge is 2.81. The summed E-state index contributed by atoms with van der Waals surface area (Å²) in [5.74, 6) is 0. The van der Waals surface area contributed by atoms with Gasteiger partial charge >= 0.3 is 6.18 Å². The van der Waals surface area contributed by atoms with Gasteiger partial charge in [0, 0.05) is 43.8 Å². The molecule has 0 unspecified atom stereocenters. The maximum Gasteiger partial charge on any atom is 0.396 e. The minimum absolute atomic E-state index is 0.0576. The molecule has 2 heterocycles. The van der Waals surface area contributed by atoms with Crippen molar-refractivity contribution in [1.82, 2.24) is 20.4 Å². The molecule has 0 radical (unpaired) electrons. The van der Waals surface area contributed by atoms with Crippen molar-refractivity contribution < 1.29 is 13.2 Å². The summed E-state index contributed by atoms with van der Waals surface area (Å²) in [6.07, 6.45) is -2.14. The van der Waals surface area contributed by atoms with Gasteiger partial charge in [-0.2, -0.15) is 18.3 Å². The van der Waals surface area contributed by atoms with Crippen LogP contribution in [0.25, 0.3) is 0 Å². The van der Waals surface area contributed by atoms with Crippen LogP contribution in [0.15, 0.2) is 12.3 Å². The molecule has 2 N–H and O–H groups in total. The molecule has 2 fully saturated rings. The number of aromatic nitrogens is 2. The summed E-state index contributed by atoms with van der Waals surface area (Å²) in [6.45, 7) is 5.51. The van der Waals surface area contributed by atoms with Gasteiger partial charge in [0.1, 0.15) is 0 Å². The second-order valence-corrected chi connectivity index (χ2v) is 6.60. The van der Waals surface area contributed by atoms with Crippen molar-refractivity contribution in [3.8, 4) is 0 Å². The maximum absolute atomic E-state index is 13.2. The van der Waals surface area contributed by atoms with Gasteiger partial charge in [-0.15, -0.1) is 0 Å². The Kier molecular flexibility index (Phi) is 3.33. The van der Waals surface area contributed by atoms with Crippen molar-refractivity contribution in [2.24, 2.45) is 10.8 Å². The number of halogens is 3. The lowest BCUT2D eigenvalue weighted by Gasteiger charge is -2.21. The van der Waals surface area contributed by atoms with Gasteiger partial charge in [0.05, 0.1) is 11.1 Å². The number of nitrogens with zero attached hydrogens (tertiary/aromatic N) is 2. The molecule has 2 atom stereocenters. The number of piperidine rings is 1. The molecule has 0 bridgehead atoms. The lowest BCUT2D eigenvalue weighted by atomic mass is 9.95. The first-order chi connectivity index (χ1) is 9.81. The third-order valence-corrected chi connectivity index (χ3v) is 4.97. The predicted octanol–water partition coefficient (Wildman–Crippen LogP) is 2.10. The van der Waals surface area contributed by atoms with Crippen LogP contribution in [0.3, 0.4) is 0 Å². The van der Waals surface area contributed by atoms with Gasteiger partial charge < -0.3 is 10.6 Å². The Labute approximate surface area is 122 Å². The van der Waals surface area contributed by atoms with Gasteiger partial charge in [0.25, 0.3) is 0 Å². The van der Waals surface area contributed by atoms with Gasteiger partial charge in [-0.05, 0) is 26.3 Å². The molecule has 3 rings (SSSR count). The Morgan fingerprint density at radius 2 is 2.19 bits per heavy atom. The van der Waals surface area contributed by atoms with Gasteiger partial charge in [0.2, 0.25) is 0 Å². The minimum atomic E-state index is -4.11. The van der Waals surface area contributed by atoms with Crippen LogP contribution in [0.4, 0.5) is 13.2 Å². The van der Waals surface area contributed by atoms with E-state index in [1.807, 2.05) is 24.6 Å². The molecular formula is C14H21F3N4. The summed E-state index contributed by atoms with van der Waals surface area (Å²) < 4.78 is 41.6. The van der Waals surface area contributed by atoms with Crippen molar-refractivity contribution in [3.63, 3.8) is 0 Å². The summed E-state index contributed by atoms with van der Waals surface area (Å²) in [5.41, 5.74) is -1.16. The lowest BCUT2D eigenvalue weighted by Crippen LogP contribution is -2.35. The highest BCUT2D eigenvalue weighted by Crippen LogP contribution is 2.72. The van der Waals surface area contributed by atoms with E-state index in [-0.39, 0.29) is 19.0 Å². The van der Waals surface area contributed by atoms with E-state index in [1.165, 1.54) is 0 Å². The van der Waals surface area contributed by atoms with E-state index >= 15 is 0 Å². The molecule has 1 saturated carbocycles. The fraction of sp³-hybridized carbons (Fsp3) is 0.786. The molecule has 1 aromatic heterocycles. The van der Waals surface area contributed by atoms with E-state index in [4.69, 9.17) is 0 Å². The lowest BCUT2D eigenvalue weighted by molar-refractivity contribution is -0.190. The summed E-state index contributed by atoms with van der Waals surface area (Å²) >= 11 is 0. The quantitative estimate of drug-likeness (QED) is 0.875. The first kappa shape index (κ1) is 14.8. The van der Waals surface area contributed by atoms with Crippen LogP contribution in [0.5, 0.6) is 0 Å². The van der Waals surface area contributed by atoms with Crippen LogP contribution in [0, 0.1) is 10.8 Å². The van der Waals surface area contributed by atoms with Gasteiger partial charge in [0.15, 0.2) is 0 Å². The summed E-state index contributed by atoms with van der Waals surface area (Å²) in [6, 6.07) is 2.15. The van der Waals surface area contributed by atoms with Gasteiger partial charge in [-0.25, -0.2) is 0 Å². The highest BCUT2D eigenvalue weighted by atomic mass is 19.4. The average molecular weight is 302 g/mol. The molecule has 1 aromatic rings. The Morgan fingerprint density at radius 1 is 1.43 bits per heavy atom. The monoisotopic (exact) mass is 302 g/mol. The third kappa shape index (κ3) is 2.17. The largest absolute Gasteiger partial charge is 0.396 e. The van der Waals surface area contributed by atoms with Crippen molar-refractivity contribution in [1.29, 1.82) is 0 Å². The summed E-state index contributed by atoms with van der Waals surface area (Å²) in [7, 11) is 0. The molecule has 2 aliphatic rings. The topological polar surface area (TPSA) is 41.9 Å². The number of rotatable bonds is 5. The fourth-order valence-corrected chi connectivity index (χ4v) is 3.70. The van der Waals surface area contributed by atoms with E-state index in [2.05, 4.69) is 15.7 Å². The Bertz CT molecular complexity index is 525. The van der Waals surface area contributed by atoms with E-state index < -0.39 is 17.0 Å². The Hall–Kier alpha value is -1.08. The number of alkyl halides is 3. The molecule has 0 aromatic carbocycles. The number of fused-ring (bicyclic) bond motifs is 1. The molecule has 1 aliphatic carbocycles. The van der Waals surface area contributed by atoms with Crippen LogP contribution in [-0.2, 0) is 6.54 Å².